The van der Waals surface area contributed by atoms with Crippen molar-refractivity contribution in [2.75, 3.05) is 0 Å². The van der Waals surface area contributed by atoms with Crippen LogP contribution < -0.4 is 10.5 Å². The van der Waals surface area contributed by atoms with Crippen LogP contribution in [-0.4, -0.2) is 29.4 Å². The molecule has 21 heavy (non-hydrogen) atoms. The topological polar surface area (TPSA) is 95.7 Å². The molecule has 0 spiro atoms. The van der Waals surface area contributed by atoms with Crippen LogP contribution in [0.15, 0.2) is 24.3 Å². The minimum absolute atomic E-state index is 0.173. The Labute approximate surface area is 123 Å². The van der Waals surface area contributed by atoms with Gasteiger partial charge in [-0.15, -0.1) is 0 Å². The van der Waals surface area contributed by atoms with Gasteiger partial charge in [0.05, 0.1) is 0 Å². The van der Waals surface area contributed by atoms with E-state index in [1.54, 1.807) is 32.9 Å². The number of primary amides is 1. The van der Waals surface area contributed by atoms with Crippen LogP contribution in [0, 0.1) is 0 Å². The minimum Gasteiger partial charge on any atom is -0.466 e. The van der Waals surface area contributed by atoms with Gasteiger partial charge in [-0.1, -0.05) is 12.1 Å². The summed E-state index contributed by atoms with van der Waals surface area (Å²) in [6, 6.07) is 6.04. The van der Waals surface area contributed by atoms with E-state index in [2.05, 4.69) is 0 Å². The normalized spacial score (nSPS) is 13.9. The zero-order valence-corrected chi connectivity index (χ0v) is 12.5. The Morgan fingerprint density at radius 1 is 1.19 bits per heavy atom. The van der Waals surface area contributed by atoms with Crippen molar-refractivity contribution in [3.8, 4) is 5.75 Å². The van der Waals surface area contributed by atoms with Crippen molar-refractivity contribution in [1.82, 2.24) is 0 Å². The van der Waals surface area contributed by atoms with Gasteiger partial charge in [-0.25, -0.2) is 4.79 Å². The van der Waals surface area contributed by atoms with Crippen LogP contribution in [0.25, 0.3) is 0 Å². The smallest absolute Gasteiger partial charge is 0.360 e. The molecule has 2 N–H and O–H groups in total. The number of benzene rings is 1. The van der Waals surface area contributed by atoms with Crippen molar-refractivity contribution < 1.29 is 23.9 Å². The summed E-state index contributed by atoms with van der Waals surface area (Å²) < 4.78 is 10.6. The highest BCUT2D eigenvalue weighted by atomic mass is 16.6. The summed E-state index contributed by atoms with van der Waals surface area (Å²) in [5.41, 5.74) is 2.86. The number of amides is 1. The summed E-state index contributed by atoms with van der Waals surface area (Å²) in [4.78, 5) is 34.5. The Morgan fingerprint density at radius 3 is 2.29 bits per heavy atom. The van der Waals surface area contributed by atoms with Gasteiger partial charge in [0.25, 0.3) is 11.5 Å². The van der Waals surface area contributed by atoms with Gasteiger partial charge >= 0.3 is 5.97 Å². The average Bonchev–Trinajstić information content (AvgIpc) is 2.36. The quantitative estimate of drug-likeness (QED) is 0.504. The second-order valence-electron chi connectivity index (χ2n) is 5.69. The lowest BCUT2D eigenvalue weighted by molar-refractivity contribution is -0.175. The Hall–Kier alpha value is -2.37. The first-order valence-corrected chi connectivity index (χ1v) is 6.36. The molecule has 0 aromatic heterocycles. The largest absolute Gasteiger partial charge is 0.466 e. The molecule has 6 nitrogen and oxygen atoms in total. The van der Waals surface area contributed by atoms with E-state index in [9.17, 15) is 14.4 Å². The molecule has 0 aliphatic heterocycles. The third-order valence-electron chi connectivity index (χ3n) is 2.57. The SMILES string of the molecule is CC(C)(C)OC(=O)C(C)(Oc1cccc(C=O)c1)C(N)=O. The zero-order chi connectivity index (χ0) is 16.3. The molecule has 1 aromatic rings. The van der Waals surface area contributed by atoms with Crippen molar-refractivity contribution in [1.29, 1.82) is 0 Å². The summed E-state index contributed by atoms with van der Waals surface area (Å²) in [7, 11) is 0. The number of aldehydes is 1. The van der Waals surface area contributed by atoms with Gasteiger partial charge in [0.2, 0.25) is 0 Å². The van der Waals surface area contributed by atoms with Gasteiger partial charge in [0.1, 0.15) is 17.6 Å². The highest BCUT2D eigenvalue weighted by Gasteiger charge is 2.45. The van der Waals surface area contributed by atoms with Gasteiger partial charge < -0.3 is 15.2 Å². The molecular formula is C15H19NO5. The van der Waals surface area contributed by atoms with E-state index in [0.717, 1.165) is 0 Å². The fourth-order valence-corrected chi connectivity index (χ4v) is 1.46. The molecule has 114 valence electrons. The zero-order valence-electron chi connectivity index (χ0n) is 12.5. The fraction of sp³-hybridized carbons (Fsp3) is 0.400. The molecular weight excluding hydrogens is 274 g/mol. The number of esters is 1. The Kier molecular flexibility index (Phi) is 4.73. The summed E-state index contributed by atoms with van der Waals surface area (Å²) in [6.45, 7) is 6.23. The highest BCUT2D eigenvalue weighted by Crippen LogP contribution is 2.23. The Balaban J connectivity index is 3.08. The Morgan fingerprint density at radius 2 is 1.81 bits per heavy atom. The summed E-state index contributed by atoms with van der Waals surface area (Å²) in [5.74, 6) is -1.70. The monoisotopic (exact) mass is 293 g/mol. The maximum Gasteiger partial charge on any atom is 0.360 e. The van der Waals surface area contributed by atoms with Crippen LogP contribution >= 0.6 is 0 Å². The second-order valence-corrected chi connectivity index (χ2v) is 5.69. The predicted molar refractivity (Wildman–Crippen MR) is 75.9 cm³/mol. The molecule has 1 atom stereocenters. The molecule has 6 heteroatoms. The minimum atomic E-state index is -1.98. The molecule has 0 saturated carbocycles. The number of carbonyl (C=O) groups is 3. The molecule has 0 heterocycles. The molecule has 0 bridgehead atoms. The average molecular weight is 293 g/mol. The maximum absolute atomic E-state index is 12.2. The van der Waals surface area contributed by atoms with E-state index < -0.39 is 23.1 Å². The van der Waals surface area contributed by atoms with Crippen LogP contribution in [0.5, 0.6) is 5.75 Å². The fourth-order valence-electron chi connectivity index (χ4n) is 1.46. The molecule has 1 amide bonds. The molecule has 0 aliphatic rings. The van der Waals surface area contributed by atoms with Crippen LogP contribution in [0.2, 0.25) is 0 Å². The number of hydrogen-bond donors (Lipinski definition) is 1. The first-order valence-electron chi connectivity index (χ1n) is 6.36. The van der Waals surface area contributed by atoms with E-state index in [0.29, 0.717) is 11.8 Å². The first kappa shape index (κ1) is 16.7. The lowest BCUT2D eigenvalue weighted by Crippen LogP contribution is -2.55. The van der Waals surface area contributed by atoms with Crippen molar-refractivity contribution >= 4 is 18.2 Å². The van der Waals surface area contributed by atoms with Crippen molar-refractivity contribution in [2.24, 2.45) is 5.73 Å². The molecule has 0 saturated heterocycles. The van der Waals surface area contributed by atoms with E-state index in [4.69, 9.17) is 15.2 Å². The van der Waals surface area contributed by atoms with E-state index >= 15 is 0 Å². The van der Waals surface area contributed by atoms with Crippen molar-refractivity contribution in [2.45, 2.75) is 38.9 Å². The summed E-state index contributed by atoms with van der Waals surface area (Å²) in [6.07, 6.45) is 0.627. The molecule has 0 fully saturated rings. The summed E-state index contributed by atoms with van der Waals surface area (Å²) in [5, 5.41) is 0. The standard InChI is InChI=1S/C15H19NO5/c1-14(2,3)21-13(19)15(4,12(16)18)20-11-7-5-6-10(8-11)9-17/h5-9H,1-4H3,(H2,16,18). The van der Waals surface area contributed by atoms with Crippen LogP contribution in [0.1, 0.15) is 38.1 Å². The van der Waals surface area contributed by atoms with Crippen LogP contribution in [0.4, 0.5) is 0 Å². The van der Waals surface area contributed by atoms with Crippen molar-refractivity contribution in [3.05, 3.63) is 29.8 Å². The maximum atomic E-state index is 12.2. The van der Waals surface area contributed by atoms with Crippen molar-refractivity contribution in [3.63, 3.8) is 0 Å². The highest BCUT2D eigenvalue weighted by molar-refractivity contribution is 6.05. The second kappa shape index (κ2) is 5.95. The van der Waals surface area contributed by atoms with E-state index in [1.165, 1.54) is 19.1 Å². The van der Waals surface area contributed by atoms with Crippen LogP contribution in [0.3, 0.4) is 0 Å². The van der Waals surface area contributed by atoms with E-state index in [1.807, 2.05) is 0 Å². The first-order chi connectivity index (χ1) is 9.58. The van der Waals surface area contributed by atoms with Gasteiger partial charge in [-0.2, -0.15) is 0 Å². The molecule has 0 aliphatic carbocycles. The summed E-state index contributed by atoms with van der Waals surface area (Å²) >= 11 is 0. The van der Waals surface area contributed by atoms with Crippen LogP contribution in [-0.2, 0) is 14.3 Å². The predicted octanol–water partition coefficient (Wildman–Crippen LogP) is 1.46. The number of hydrogen-bond acceptors (Lipinski definition) is 5. The molecule has 1 unspecified atom stereocenters. The van der Waals surface area contributed by atoms with Gasteiger partial charge in [0, 0.05) is 5.56 Å². The Bertz CT molecular complexity index is 561. The number of carbonyl (C=O) groups excluding carboxylic acids is 3. The van der Waals surface area contributed by atoms with Gasteiger partial charge in [-0.05, 0) is 39.8 Å². The lowest BCUT2D eigenvalue weighted by atomic mass is 10.1. The number of nitrogens with two attached hydrogens (primary N) is 1. The van der Waals surface area contributed by atoms with E-state index in [-0.39, 0.29) is 5.75 Å². The number of rotatable bonds is 5. The molecule has 1 rings (SSSR count). The lowest BCUT2D eigenvalue weighted by Gasteiger charge is -2.29. The molecule has 1 aromatic carbocycles. The van der Waals surface area contributed by atoms with Gasteiger partial charge in [-0.3, -0.25) is 9.59 Å². The third-order valence-corrected chi connectivity index (χ3v) is 2.57. The molecule has 0 radical (unpaired) electrons. The van der Waals surface area contributed by atoms with Gasteiger partial charge in [0.15, 0.2) is 0 Å². The number of ether oxygens (including phenoxy) is 2. The third kappa shape index (κ3) is 4.30.